The summed E-state index contributed by atoms with van der Waals surface area (Å²) in [5.41, 5.74) is 0. The van der Waals surface area contributed by atoms with Gasteiger partial charge in [-0.05, 0) is 38.5 Å². The Bertz CT molecular complexity index is 394. The van der Waals surface area contributed by atoms with Gasteiger partial charge >= 0.3 is 0 Å². The summed E-state index contributed by atoms with van der Waals surface area (Å²) >= 11 is 0. The minimum absolute atomic E-state index is 0.165. The van der Waals surface area contributed by atoms with Crippen molar-refractivity contribution in [3.63, 3.8) is 0 Å². The molecular weight excluding hydrogens is 264 g/mol. The van der Waals surface area contributed by atoms with Gasteiger partial charge in [-0.2, -0.15) is 0 Å². The average Bonchev–Trinajstić information content (AvgIpc) is 2.47. The molecule has 0 bridgehead atoms. The largest absolute Gasteiger partial charge is 0.329 e. The van der Waals surface area contributed by atoms with Crippen molar-refractivity contribution in [2.45, 2.75) is 84.3 Å². The molecule has 2 saturated heterocycles. The van der Waals surface area contributed by atoms with Gasteiger partial charge in [0, 0.05) is 12.6 Å². The minimum Gasteiger partial charge on any atom is -0.329 e. The fourth-order valence-electron chi connectivity index (χ4n) is 3.79. The zero-order valence-electron chi connectivity index (χ0n) is 14.0. The van der Waals surface area contributed by atoms with Crippen molar-refractivity contribution >= 4 is 11.8 Å². The molecule has 2 rings (SSSR count). The molecule has 0 aromatic carbocycles. The molecule has 4 heteroatoms. The van der Waals surface area contributed by atoms with Gasteiger partial charge in [0.1, 0.15) is 12.1 Å². The van der Waals surface area contributed by atoms with Crippen LogP contribution in [0.25, 0.3) is 0 Å². The lowest BCUT2D eigenvalue weighted by Crippen LogP contribution is -2.68. The second-order valence-corrected chi connectivity index (χ2v) is 6.97. The van der Waals surface area contributed by atoms with Crippen molar-refractivity contribution < 1.29 is 9.59 Å². The summed E-state index contributed by atoms with van der Waals surface area (Å²) in [6.45, 7) is 9.14. The first-order valence-corrected chi connectivity index (χ1v) is 8.61. The molecule has 3 atom stereocenters. The van der Waals surface area contributed by atoms with Crippen LogP contribution in [0.1, 0.15) is 66.2 Å². The van der Waals surface area contributed by atoms with E-state index < -0.39 is 0 Å². The van der Waals surface area contributed by atoms with Gasteiger partial charge in [0.05, 0.1) is 0 Å². The molecule has 4 nitrogen and oxygen atoms in total. The highest BCUT2D eigenvalue weighted by molar-refractivity contribution is 5.97. The minimum atomic E-state index is -0.265. The SMILES string of the molecule is CCCCC(C)N1C(=O)C2CCCCN2C(=O)C1C(C)C. The monoisotopic (exact) mass is 294 g/mol. The predicted octanol–water partition coefficient (Wildman–Crippen LogP) is 2.81. The van der Waals surface area contributed by atoms with E-state index in [1.165, 1.54) is 0 Å². The normalized spacial score (nSPS) is 28.0. The average molecular weight is 294 g/mol. The summed E-state index contributed by atoms with van der Waals surface area (Å²) < 4.78 is 0. The lowest BCUT2D eigenvalue weighted by atomic mass is 9.89. The smallest absolute Gasteiger partial charge is 0.246 e. The van der Waals surface area contributed by atoms with Gasteiger partial charge in [0.2, 0.25) is 11.8 Å². The van der Waals surface area contributed by atoms with Crippen LogP contribution in [-0.4, -0.2) is 46.3 Å². The number of nitrogens with zero attached hydrogens (tertiary/aromatic N) is 2. The number of hydrogen-bond donors (Lipinski definition) is 0. The number of rotatable bonds is 5. The molecule has 3 unspecified atom stereocenters. The fraction of sp³-hybridized carbons (Fsp3) is 0.882. The molecule has 120 valence electrons. The highest BCUT2D eigenvalue weighted by Gasteiger charge is 2.48. The van der Waals surface area contributed by atoms with Crippen molar-refractivity contribution in [3.05, 3.63) is 0 Å². The van der Waals surface area contributed by atoms with E-state index in [1.54, 1.807) is 0 Å². The van der Waals surface area contributed by atoms with Crippen LogP contribution in [0.4, 0.5) is 0 Å². The summed E-state index contributed by atoms with van der Waals surface area (Å²) in [4.78, 5) is 29.6. The number of hydrogen-bond acceptors (Lipinski definition) is 2. The summed E-state index contributed by atoms with van der Waals surface area (Å²) in [6.07, 6.45) is 6.16. The molecule has 0 radical (unpaired) electrons. The van der Waals surface area contributed by atoms with Gasteiger partial charge < -0.3 is 9.80 Å². The van der Waals surface area contributed by atoms with Crippen LogP contribution in [-0.2, 0) is 9.59 Å². The second-order valence-electron chi connectivity index (χ2n) is 6.97. The van der Waals surface area contributed by atoms with Crippen LogP contribution in [0.5, 0.6) is 0 Å². The van der Waals surface area contributed by atoms with Crippen molar-refractivity contribution in [2.75, 3.05) is 6.54 Å². The summed E-state index contributed by atoms with van der Waals surface area (Å²) in [5.74, 6) is 0.544. The molecular formula is C17H30N2O2. The summed E-state index contributed by atoms with van der Waals surface area (Å²) in [5, 5.41) is 0. The van der Waals surface area contributed by atoms with Crippen LogP contribution >= 0.6 is 0 Å². The van der Waals surface area contributed by atoms with Crippen LogP contribution in [0.2, 0.25) is 0 Å². The standard InChI is InChI=1S/C17H30N2O2/c1-5-6-9-13(4)19-15(12(2)3)17(21)18-11-8-7-10-14(18)16(19)20/h12-15H,5-11H2,1-4H3. The Morgan fingerprint density at radius 3 is 2.48 bits per heavy atom. The molecule has 0 spiro atoms. The lowest BCUT2D eigenvalue weighted by Gasteiger charge is -2.50. The maximum absolute atomic E-state index is 13.0. The van der Waals surface area contributed by atoms with E-state index in [-0.39, 0.29) is 35.9 Å². The summed E-state index contributed by atoms with van der Waals surface area (Å²) in [7, 11) is 0. The Balaban J connectivity index is 2.26. The van der Waals surface area contributed by atoms with Crippen molar-refractivity contribution in [3.8, 4) is 0 Å². The Kier molecular flexibility index (Phi) is 5.28. The van der Waals surface area contributed by atoms with Gasteiger partial charge in [0.25, 0.3) is 0 Å². The van der Waals surface area contributed by atoms with E-state index in [1.807, 2.05) is 9.80 Å². The fourth-order valence-corrected chi connectivity index (χ4v) is 3.79. The van der Waals surface area contributed by atoms with Crippen LogP contribution in [0, 0.1) is 5.92 Å². The van der Waals surface area contributed by atoms with E-state index in [0.29, 0.717) is 0 Å². The number of piperidine rings is 1. The predicted molar refractivity (Wildman–Crippen MR) is 83.8 cm³/mol. The molecule has 0 N–H and O–H groups in total. The van der Waals surface area contributed by atoms with Gasteiger partial charge in [0.15, 0.2) is 0 Å². The van der Waals surface area contributed by atoms with E-state index in [2.05, 4.69) is 27.7 Å². The first kappa shape index (κ1) is 16.3. The molecule has 0 aliphatic carbocycles. The first-order chi connectivity index (χ1) is 9.99. The lowest BCUT2D eigenvalue weighted by molar-refractivity contribution is -0.168. The third kappa shape index (κ3) is 3.09. The number of carbonyl (C=O) groups excluding carboxylic acids is 2. The molecule has 2 fully saturated rings. The quantitative estimate of drug-likeness (QED) is 0.782. The Hall–Kier alpha value is -1.06. The maximum Gasteiger partial charge on any atom is 0.246 e. The van der Waals surface area contributed by atoms with Gasteiger partial charge in [-0.3, -0.25) is 9.59 Å². The molecule has 0 saturated carbocycles. The Morgan fingerprint density at radius 1 is 1.14 bits per heavy atom. The van der Waals surface area contributed by atoms with E-state index in [4.69, 9.17) is 0 Å². The Morgan fingerprint density at radius 2 is 1.86 bits per heavy atom. The topological polar surface area (TPSA) is 40.6 Å². The van der Waals surface area contributed by atoms with Crippen molar-refractivity contribution in [1.29, 1.82) is 0 Å². The third-order valence-electron chi connectivity index (χ3n) is 4.96. The van der Waals surface area contributed by atoms with Crippen molar-refractivity contribution in [1.82, 2.24) is 9.80 Å². The molecule has 2 aliphatic heterocycles. The second kappa shape index (κ2) is 6.80. The Labute approximate surface area is 128 Å². The molecule has 2 amide bonds. The highest BCUT2D eigenvalue weighted by atomic mass is 16.2. The number of amides is 2. The van der Waals surface area contributed by atoms with E-state index >= 15 is 0 Å². The number of carbonyl (C=O) groups is 2. The maximum atomic E-state index is 13.0. The highest BCUT2D eigenvalue weighted by Crippen LogP contribution is 2.31. The molecule has 21 heavy (non-hydrogen) atoms. The molecule has 2 heterocycles. The van der Waals surface area contributed by atoms with Gasteiger partial charge in [-0.15, -0.1) is 0 Å². The van der Waals surface area contributed by atoms with Crippen LogP contribution < -0.4 is 0 Å². The number of fused-ring (bicyclic) bond motifs is 1. The first-order valence-electron chi connectivity index (χ1n) is 8.61. The van der Waals surface area contributed by atoms with E-state index in [9.17, 15) is 9.59 Å². The van der Waals surface area contributed by atoms with Gasteiger partial charge in [-0.1, -0.05) is 33.6 Å². The van der Waals surface area contributed by atoms with Crippen LogP contribution in [0.3, 0.4) is 0 Å². The molecule has 0 aromatic rings. The van der Waals surface area contributed by atoms with Crippen LogP contribution in [0.15, 0.2) is 0 Å². The third-order valence-corrected chi connectivity index (χ3v) is 4.96. The number of piperazine rings is 1. The number of unbranched alkanes of at least 4 members (excludes halogenated alkanes) is 1. The van der Waals surface area contributed by atoms with E-state index in [0.717, 1.165) is 45.1 Å². The molecule has 0 aromatic heterocycles. The van der Waals surface area contributed by atoms with Crippen molar-refractivity contribution in [2.24, 2.45) is 5.92 Å². The summed E-state index contributed by atoms with van der Waals surface area (Å²) in [6, 6.07) is -0.290. The zero-order valence-corrected chi connectivity index (χ0v) is 14.0. The zero-order chi connectivity index (χ0) is 15.6. The van der Waals surface area contributed by atoms with Gasteiger partial charge in [-0.25, -0.2) is 0 Å². The molecule has 2 aliphatic rings.